The minimum Gasteiger partial charge on any atom is -0.248 e. The third-order valence-corrected chi connectivity index (χ3v) is 12.3. The largest absolute Gasteiger partial charge is 0.248 e. The van der Waals surface area contributed by atoms with Gasteiger partial charge in [-0.2, -0.15) is 0 Å². The first-order valence-corrected chi connectivity index (χ1v) is 22.5. The second-order valence-corrected chi connectivity index (χ2v) is 16.6. The average Bonchev–Trinajstić information content (AvgIpc) is 3.42. The summed E-state index contributed by atoms with van der Waals surface area (Å²) in [7, 11) is 0. The molecule has 2 heteroatoms. The zero-order valence-electron chi connectivity index (χ0n) is 36.3. The lowest BCUT2D eigenvalue weighted by Crippen LogP contribution is -1.91. The van der Waals surface area contributed by atoms with E-state index in [0.29, 0.717) is 0 Å². The number of nitrogens with zero attached hydrogens (tertiary/aromatic N) is 2. The Bertz CT molecular complexity index is 3080. The molecule has 0 atom stereocenters. The van der Waals surface area contributed by atoms with Gasteiger partial charge in [-0.25, -0.2) is 9.97 Å². The molecular formula is C64H44N2. The fourth-order valence-corrected chi connectivity index (χ4v) is 8.75. The van der Waals surface area contributed by atoms with Crippen LogP contribution in [0.15, 0.2) is 267 Å². The van der Waals surface area contributed by atoms with Crippen molar-refractivity contribution < 1.29 is 0 Å². The van der Waals surface area contributed by atoms with E-state index in [1.54, 1.807) is 0 Å². The van der Waals surface area contributed by atoms with E-state index in [1.165, 1.54) is 22.3 Å². The monoisotopic (exact) mass is 840 g/mol. The normalized spacial score (nSPS) is 11.0. The van der Waals surface area contributed by atoms with E-state index in [2.05, 4.69) is 243 Å². The van der Waals surface area contributed by atoms with Gasteiger partial charge in [0, 0.05) is 22.3 Å². The van der Waals surface area contributed by atoms with Crippen LogP contribution in [0.4, 0.5) is 0 Å². The van der Waals surface area contributed by atoms with E-state index in [-0.39, 0.29) is 0 Å². The van der Waals surface area contributed by atoms with Crippen molar-refractivity contribution in [1.29, 1.82) is 0 Å². The molecule has 0 aliphatic heterocycles. The maximum Gasteiger partial charge on any atom is 0.0715 e. The molecule has 0 aliphatic rings. The number of rotatable bonds is 10. The van der Waals surface area contributed by atoms with Crippen LogP contribution in [0.1, 0.15) is 0 Å². The Morgan fingerprint density at radius 2 is 0.303 bits per heavy atom. The van der Waals surface area contributed by atoms with Crippen molar-refractivity contribution >= 4 is 0 Å². The maximum absolute atomic E-state index is 5.12. The fraction of sp³-hybridized carbons (Fsp3) is 0. The molecule has 0 saturated heterocycles. The van der Waals surface area contributed by atoms with Gasteiger partial charge < -0.3 is 0 Å². The van der Waals surface area contributed by atoms with Gasteiger partial charge in [0.25, 0.3) is 0 Å². The van der Waals surface area contributed by atoms with E-state index in [9.17, 15) is 0 Å². The lowest BCUT2D eigenvalue weighted by atomic mass is 9.91. The topological polar surface area (TPSA) is 25.8 Å². The lowest BCUT2D eigenvalue weighted by Gasteiger charge is -2.14. The van der Waals surface area contributed by atoms with Crippen LogP contribution in [0.2, 0.25) is 0 Å². The van der Waals surface area contributed by atoms with Crippen molar-refractivity contribution in [1.82, 2.24) is 9.97 Å². The fourth-order valence-electron chi connectivity index (χ4n) is 8.75. The Morgan fingerprint density at radius 1 is 0.136 bits per heavy atom. The van der Waals surface area contributed by atoms with Gasteiger partial charge in [0.15, 0.2) is 0 Å². The van der Waals surface area contributed by atoms with Gasteiger partial charge in [0.2, 0.25) is 0 Å². The summed E-state index contributed by atoms with van der Waals surface area (Å²) in [5.74, 6) is 0. The average molecular weight is 841 g/mol. The highest BCUT2D eigenvalue weighted by molar-refractivity contribution is 5.85. The Labute approximate surface area is 386 Å². The van der Waals surface area contributed by atoms with Crippen LogP contribution >= 0.6 is 0 Å². The second kappa shape index (κ2) is 18.2. The van der Waals surface area contributed by atoms with Gasteiger partial charge in [-0.15, -0.1) is 0 Å². The second-order valence-electron chi connectivity index (χ2n) is 16.6. The predicted molar refractivity (Wildman–Crippen MR) is 276 cm³/mol. The third kappa shape index (κ3) is 8.64. The number of hydrogen-bond donors (Lipinski definition) is 0. The molecule has 9 aromatic carbocycles. The SMILES string of the molecule is c1ccc(-c2ccc(-c3cc(-c4ccc(-c5cc(-c6ccccc6)nc(-c6ccccc6)c5)cc4)cc(-c4ccc(-c5cc(-c6ccccc6)nc(-c6ccccc6)c5)cc4)c3)cc2)cc1. The number of benzene rings is 9. The van der Waals surface area contributed by atoms with E-state index < -0.39 is 0 Å². The number of hydrogen-bond acceptors (Lipinski definition) is 2. The molecule has 2 nitrogen and oxygen atoms in total. The Morgan fingerprint density at radius 3 is 0.530 bits per heavy atom. The maximum atomic E-state index is 5.12. The molecule has 0 radical (unpaired) electrons. The van der Waals surface area contributed by atoms with Crippen LogP contribution in [-0.4, -0.2) is 9.97 Å². The molecule has 0 amide bonds. The predicted octanol–water partition coefficient (Wildman–Crippen LogP) is 17.1. The van der Waals surface area contributed by atoms with Gasteiger partial charge in [-0.05, 0) is 109 Å². The summed E-state index contributed by atoms with van der Waals surface area (Å²) < 4.78 is 0. The van der Waals surface area contributed by atoms with Crippen LogP contribution in [0.3, 0.4) is 0 Å². The molecule has 0 bridgehead atoms. The van der Waals surface area contributed by atoms with E-state index >= 15 is 0 Å². The van der Waals surface area contributed by atoms with Crippen LogP contribution in [0, 0.1) is 0 Å². The van der Waals surface area contributed by atoms with Gasteiger partial charge in [-0.1, -0.05) is 224 Å². The molecule has 0 fully saturated rings. The van der Waals surface area contributed by atoms with Gasteiger partial charge in [0.1, 0.15) is 0 Å². The first-order chi connectivity index (χ1) is 32.7. The first kappa shape index (κ1) is 40.1. The molecular weight excluding hydrogens is 797 g/mol. The van der Waals surface area contributed by atoms with Gasteiger partial charge in [-0.3, -0.25) is 0 Å². The summed E-state index contributed by atoms with van der Waals surface area (Å²) >= 11 is 0. The van der Waals surface area contributed by atoms with Crippen LogP contribution in [0.5, 0.6) is 0 Å². The Kier molecular flexibility index (Phi) is 11.0. The zero-order valence-corrected chi connectivity index (χ0v) is 36.3. The molecule has 310 valence electrons. The third-order valence-electron chi connectivity index (χ3n) is 12.3. The summed E-state index contributed by atoms with van der Waals surface area (Å²) in [6.07, 6.45) is 0. The van der Waals surface area contributed by atoms with Crippen molar-refractivity contribution in [3.63, 3.8) is 0 Å². The van der Waals surface area contributed by atoms with Crippen molar-refractivity contribution in [3.05, 3.63) is 267 Å². The smallest absolute Gasteiger partial charge is 0.0715 e. The van der Waals surface area contributed by atoms with Crippen LogP contribution in [0.25, 0.3) is 112 Å². The Hall–Kier alpha value is -8.72. The molecule has 11 aromatic rings. The quantitative estimate of drug-likeness (QED) is 0.137. The Balaban J connectivity index is 0.976. The van der Waals surface area contributed by atoms with Gasteiger partial charge in [0.05, 0.1) is 22.8 Å². The van der Waals surface area contributed by atoms with E-state index in [1.807, 2.05) is 24.3 Å². The molecule has 2 aromatic heterocycles. The molecule has 0 saturated carbocycles. The first-order valence-electron chi connectivity index (χ1n) is 22.5. The molecule has 0 aliphatic carbocycles. The van der Waals surface area contributed by atoms with Crippen molar-refractivity contribution in [2.45, 2.75) is 0 Å². The number of pyridine rings is 2. The molecule has 0 spiro atoms. The van der Waals surface area contributed by atoms with Crippen molar-refractivity contribution in [2.24, 2.45) is 0 Å². The van der Waals surface area contributed by atoms with Crippen LogP contribution < -0.4 is 0 Å². The lowest BCUT2D eigenvalue weighted by molar-refractivity contribution is 1.32. The molecule has 0 N–H and O–H groups in total. The highest BCUT2D eigenvalue weighted by atomic mass is 14.7. The standard InChI is InChI=1S/C64H44N2/c1-6-16-45(17-7-1)46-26-28-47(29-27-46)56-38-57(48-30-34-50(35-31-48)59-41-61(52-18-8-2-9-19-52)65-62(42-59)53-20-10-3-11-21-53)40-58(39-56)49-32-36-51(37-33-49)60-43-63(54-22-12-4-13-23-54)66-64(44-60)55-24-14-5-15-25-55/h1-44H. The highest BCUT2D eigenvalue weighted by Gasteiger charge is 2.14. The molecule has 66 heavy (non-hydrogen) atoms. The summed E-state index contributed by atoms with van der Waals surface area (Å²) in [4.78, 5) is 10.2. The summed E-state index contributed by atoms with van der Waals surface area (Å²) in [6, 6.07) is 95.0. The van der Waals surface area contributed by atoms with Crippen LogP contribution in [-0.2, 0) is 0 Å². The molecule has 0 unspecified atom stereocenters. The summed E-state index contributed by atoms with van der Waals surface area (Å²) in [5, 5.41) is 0. The molecule has 2 heterocycles. The minimum absolute atomic E-state index is 0.954. The van der Waals surface area contributed by atoms with Gasteiger partial charge >= 0.3 is 0 Å². The number of aromatic nitrogens is 2. The summed E-state index contributed by atoms with van der Waals surface area (Å²) in [5.41, 5.74) is 22.1. The summed E-state index contributed by atoms with van der Waals surface area (Å²) in [6.45, 7) is 0. The van der Waals surface area contributed by atoms with E-state index in [0.717, 1.165) is 89.5 Å². The molecule has 11 rings (SSSR count). The minimum atomic E-state index is 0.954. The van der Waals surface area contributed by atoms with Crippen molar-refractivity contribution in [3.8, 4) is 112 Å². The highest BCUT2D eigenvalue weighted by Crippen LogP contribution is 2.38. The zero-order chi connectivity index (χ0) is 44.1. The van der Waals surface area contributed by atoms with E-state index in [4.69, 9.17) is 9.97 Å². The van der Waals surface area contributed by atoms with Crippen molar-refractivity contribution in [2.75, 3.05) is 0 Å².